The maximum absolute atomic E-state index is 11.8. The van der Waals surface area contributed by atoms with Gasteiger partial charge < -0.3 is 10.1 Å². The number of alkyl halides is 1. The minimum atomic E-state index is -0.656. The number of rotatable bonds is 4. The molecule has 0 radical (unpaired) electrons. The fraction of sp³-hybridized carbons (Fsp3) is 0.333. The number of halogens is 1. The van der Waals surface area contributed by atoms with Gasteiger partial charge in [-0.25, -0.2) is 4.79 Å². The van der Waals surface area contributed by atoms with Crippen molar-refractivity contribution in [3.63, 3.8) is 0 Å². The van der Waals surface area contributed by atoms with Gasteiger partial charge in [0.05, 0.1) is 7.11 Å². The summed E-state index contributed by atoms with van der Waals surface area (Å²) >= 11 is 3.29. The van der Waals surface area contributed by atoms with Crippen molar-refractivity contribution in [1.29, 1.82) is 0 Å². The molecular weight excluding hydrogens is 286 g/mol. The highest BCUT2D eigenvalue weighted by Gasteiger charge is 2.21. The highest BCUT2D eigenvalue weighted by atomic mass is 79.9. The molecule has 0 heterocycles. The Kier molecular flexibility index (Phi) is 5.15. The molecule has 0 saturated carbocycles. The lowest BCUT2D eigenvalue weighted by Gasteiger charge is -2.15. The van der Waals surface area contributed by atoms with E-state index in [9.17, 15) is 9.59 Å². The Morgan fingerprint density at radius 3 is 2.41 bits per heavy atom. The number of esters is 1. The largest absolute Gasteiger partial charge is 0.467 e. The molecule has 1 N–H and O–H groups in total. The molecule has 5 heteroatoms. The van der Waals surface area contributed by atoms with Crippen molar-refractivity contribution in [1.82, 2.24) is 5.32 Å². The first kappa shape index (κ1) is 13.7. The van der Waals surface area contributed by atoms with Gasteiger partial charge in [0.25, 0.3) is 0 Å². The zero-order chi connectivity index (χ0) is 12.8. The molecule has 1 aromatic carbocycles. The zero-order valence-corrected chi connectivity index (χ0v) is 11.2. The molecule has 92 valence electrons. The van der Waals surface area contributed by atoms with Gasteiger partial charge in [-0.1, -0.05) is 46.3 Å². The Balaban J connectivity index is 2.62. The van der Waals surface area contributed by atoms with Gasteiger partial charge in [-0.05, 0) is 12.5 Å². The fourth-order valence-corrected chi connectivity index (χ4v) is 1.73. The molecule has 2 atom stereocenters. The minimum absolute atomic E-state index is 0.269. The van der Waals surface area contributed by atoms with Crippen LogP contribution in [0.15, 0.2) is 30.3 Å². The summed E-state index contributed by atoms with van der Waals surface area (Å²) in [5.41, 5.74) is 0.835. The molecule has 0 unspecified atom stereocenters. The molecule has 0 saturated heterocycles. The van der Waals surface area contributed by atoms with E-state index in [4.69, 9.17) is 0 Å². The molecule has 0 aliphatic heterocycles. The Morgan fingerprint density at radius 1 is 1.29 bits per heavy atom. The Hall–Kier alpha value is -1.36. The van der Waals surface area contributed by atoms with Gasteiger partial charge >= 0.3 is 5.97 Å². The quantitative estimate of drug-likeness (QED) is 0.681. The van der Waals surface area contributed by atoms with Crippen LogP contribution in [0.3, 0.4) is 0 Å². The van der Waals surface area contributed by atoms with Crippen LogP contribution in [0.25, 0.3) is 0 Å². The molecule has 17 heavy (non-hydrogen) atoms. The van der Waals surface area contributed by atoms with Crippen LogP contribution in [0.1, 0.15) is 17.3 Å². The molecule has 1 aromatic rings. The van der Waals surface area contributed by atoms with Crippen molar-refractivity contribution in [3.05, 3.63) is 35.9 Å². The first-order valence-corrected chi connectivity index (χ1v) is 6.05. The average Bonchev–Trinajstić information content (AvgIpc) is 2.37. The van der Waals surface area contributed by atoms with Crippen molar-refractivity contribution in [2.75, 3.05) is 7.11 Å². The van der Waals surface area contributed by atoms with Crippen LogP contribution in [0.4, 0.5) is 0 Å². The summed E-state index contributed by atoms with van der Waals surface area (Å²) in [7, 11) is 1.29. The van der Waals surface area contributed by atoms with E-state index < -0.39 is 16.8 Å². The number of amides is 1. The maximum atomic E-state index is 11.8. The Bertz CT molecular complexity index is 394. The third kappa shape index (κ3) is 3.85. The van der Waals surface area contributed by atoms with Crippen LogP contribution in [-0.2, 0) is 14.3 Å². The van der Waals surface area contributed by atoms with Gasteiger partial charge in [-0.2, -0.15) is 0 Å². The summed E-state index contributed by atoms with van der Waals surface area (Å²) in [6, 6.07) is 8.58. The number of ether oxygens (including phenoxy) is 1. The van der Waals surface area contributed by atoms with Gasteiger partial charge in [-0.15, -0.1) is 0 Å². The van der Waals surface area contributed by atoms with Crippen molar-refractivity contribution in [2.45, 2.75) is 17.8 Å². The highest BCUT2D eigenvalue weighted by molar-refractivity contribution is 9.09. The molecular formula is C12H14BrNO3. The molecule has 1 amide bonds. The first-order valence-electron chi connectivity index (χ1n) is 5.13. The third-order valence-electron chi connectivity index (χ3n) is 2.24. The molecule has 4 nitrogen and oxygen atoms in total. The lowest BCUT2D eigenvalue weighted by molar-refractivity contribution is -0.144. The van der Waals surface area contributed by atoms with Crippen LogP contribution in [0.5, 0.6) is 0 Å². The molecule has 0 fully saturated rings. The van der Waals surface area contributed by atoms with Crippen LogP contribution >= 0.6 is 15.9 Å². The summed E-state index contributed by atoms with van der Waals surface area (Å²) in [5.74, 6) is -0.736. The number of benzene rings is 1. The molecule has 0 spiro atoms. The van der Waals surface area contributed by atoms with Crippen LogP contribution in [-0.4, -0.2) is 25.0 Å². The second-order valence-corrected chi connectivity index (χ2v) is 4.44. The van der Waals surface area contributed by atoms with Gasteiger partial charge in [0.1, 0.15) is 10.9 Å². The fourth-order valence-electron chi connectivity index (χ4n) is 1.30. The number of nitrogens with one attached hydrogen (secondary N) is 1. The van der Waals surface area contributed by atoms with Crippen LogP contribution < -0.4 is 5.32 Å². The SMILES string of the molecule is COC(=O)[C@@H](C)NC(=O)[C@@H](Br)c1ccccc1. The van der Waals surface area contributed by atoms with Crippen molar-refractivity contribution >= 4 is 27.8 Å². The van der Waals surface area contributed by atoms with E-state index in [0.29, 0.717) is 0 Å². The summed E-state index contributed by atoms with van der Waals surface area (Å²) in [4.78, 5) is 22.5. The van der Waals surface area contributed by atoms with Gasteiger partial charge in [0.2, 0.25) is 5.91 Å². The van der Waals surface area contributed by atoms with E-state index in [1.807, 2.05) is 30.3 Å². The predicted molar refractivity (Wildman–Crippen MR) is 67.7 cm³/mol. The second kappa shape index (κ2) is 6.39. The number of hydrogen-bond acceptors (Lipinski definition) is 3. The molecule has 0 aliphatic rings. The molecule has 0 aromatic heterocycles. The lowest BCUT2D eigenvalue weighted by atomic mass is 10.1. The van der Waals surface area contributed by atoms with E-state index >= 15 is 0 Å². The standard InChI is InChI=1S/C12H14BrNO3/c1-8(12(16)17-2)14-11(15)10(13)9-6-4-3-5-7-9/h3-8,10H,1-2H3,(H,14,15)/t8-,10+/m1/s1. The van der Waals surface area contributed by atoms with E-state index in [-0.39, 0.29) is 5.91 Å². The van der Waals surface area contributed by atoms with Gasteiger partial charge in [0.15, 0.2) is 0 Å². The number of carbonyl (C=O) groups is 2. The summed E-state index contributed by atoms with van der Waals surface area (Å²) in [6.45, 7) is 1.58. The van der Waals surface area contributed by atoms with Gasteiger partial charge in [0, 0.05) is 0 Å². The van der Waals surface area contributed by atoms with E-state index in [1.165, 1.54) is 7.11 Å². The van der Waals surface area contributed by atoms with E-state index in [0.717, 1.165) is 5.56 Å². The predicted octanol–water partition coefficient (Wildman–Crippen LogP) is 1.80. The smallest absolute Gasteiger partial charge is 0.328 e. The summed E-state index contributed by atoms with van der Waals surface area (Å²) < 4.78 is 4.53. The molecule has 0 bridgehead atoms. The monoisotopic (exact) mass is 299 g/mol. The zero-order valence-electron chi connectivity index (χ0n) is 9.64. The average molecular weight is 300 g/mol. The Morgan fingerprint density at radius 2 is 1.88 bits per heavy atom. The van der Waals surface area contributed by atoms with Crippen molar-refractivity contribution in [3.8, 4) is 0 Å². The Labute approximate surface area is 108 Å². The molecule has 1 rings (SSSR count). The highest BCUT2D eigenvalue weighted by Crippen LogP contribution is 2.22. The number of hydrogen-bond donors (Lipinski definition) is 1. The lowest BCUT2D eigenvalue weighted by Crippen LogP contribution is -2.40. The van der Waals surface area contributed by atoms with Gasteiger partial charge in [-0.3, -0.25) is 4.79 Å². The van der Waals surface area contributed by atoms with Crippen molar-refractivity contribution in [2.24, 2.45) is 0 Å². The number of methoxy groups -OCH3 is 1. The first-order chi connectivity index (χ1) is 8.06. The minimum Gasteiger partial charge on any atom is -0.467 e. The van der Waals surface area contributed by atoms with Crippen molar-refractivity contribution < 1.29 is 14.3 Å². The van der Waals surface area contributed by atoms with E-state index in [2.05, 4.69) is 26.0 Å². The van der Waals surface area contributed by atoms with E-state index in [1.54, 1.807) is 6.92 Å². The molecule has 0 aliphatic carbocycles. The van der Waals surface area contributed by atoms with Crippen LogP contribution in [0, 0.1) is 0 Å². The topological polar surface area (TPSA) is 55.4 Å². The summed E-state index contributed by atoms with van der Waals surface area (Å²) in [6.07, 6.45) is 0. The third-order valence-corrected chi connectivity index (χ3v) is 3.18. The normalized spacial score (nSPS) is 13.6. The number of carbonyl (C=O) groups excluding carboxylic acids is 2. The van der Waals surface area contributed by atoms with Crippen LogP contribution in [0.2, 0.25) is 0 Å². The second-order valence-electron chi connectivity index (χ2n) is 3.53. The maximum Gasteiger partial charge on any atom is 0.328 e. The summed E-state index contributed by atoms with van der Waals surface area (Å²) in [5, 5.41) is 2.57.